The number of aliphatic imine (C=N–C) groups is 1. The Morgan fingerprint density at radius 3 is 2.49 bits per heavy atom. The molecule has 4 rings (SSSR count). The van der Waals surface area contributed by atoms with E-state index >= 15 is 0 Å². The molecule has 208 valence electrons. The SMILES string of the molecule is CC.CCCN=C(N)N.Cc1ccc(-c2nc3cc(C(=O)N(C)CCc4ccccn4)ccc3n2CC=O)o1. The Hall–Kier alpha value is -4.47. The van der Waals surface area contributed by atoms with E-state index in [0.717, 1.165) is 36.2 Å². The minimum absolute atomic E-state index is 0.0897. The fourth-order valence-electron chi connectivity index (χ4n) is 3.66. The van der Waals surface area contributed by atoms with Crippen molar-refractivity contribution >= 4 is 29.2 Å². The first-order valence-electron chi connectivity index (χ1n) is 13.1. The van der Waals surface area contributed by atoms with Gasteiger partial charge in [0.1, 0.15) is 12.0 Å². The molecule has 0 saturated carbocycles. The molecule has 1 aromatic carbocycles. The van der Waals surface area contributed by atoms with Crippen LogP contribution < -0.4 is 11.5 Å². The molecule has 0 aliphatic rings. The zero-order valence-corrected chi connectivity index (χ0v) is 23.4. The van der Waals surface area contributed by atoms with Crippen LogP contribution in [0.3, 0.4) is 0 Å². The Kier molecular flexibility index (Phi) is 12.4. The number of nitrogens with zero attached hydrogens (tertiary/aromatic N) is 5. The highest BCUT2D eigenvalue weighted by atomic mass is 16.3. The standard InChI is InChI=1S/C23H22N4O3.C4H11N3.C2H6/c1-16-6-9-21(30-16)22-25-19-15-17(7-8-20(19)27(22)13-14-28)23(29)26(2)12-10-18-5-3-4-11-24-18;1-2-3-7-4(5)6;1-2/h3-9,11,14-15H,10,12-13H2,1-2H3;2-3H2,1H3,(H4,5,6,7);1-2H3. The summed E-state index contributed by atoms with van der Waals surface area (Å²) in [5, 5.41) is 0. The normalized spacial score (nSPS) is 10.1. The number of aldehydes is 1. The van der Waals surface area contributed by atoms with Crippen LogP contribution in [0.5, 0.6) is 0 Å². The number of guanidine groups is 1. The lowest BCUT2D eigenvalue weighted by atomic mass is 10.1. The van der Waals surface area contributed by atoms with E-state index in [4.69, 9.17) is 15.9 Å². The molecule has 39 heavy (non-hydrogen) atoms. The van der Waals surface area contributed by atoms with E-state index in [9.17, 15) is 9.59 Å². The molecule has 0 unspecified atom stereocenters. The molecule has 1 amide bonds. The molecule has 3 aromatic heterocycles. The molecule has 3 heterocycles. The van der Waals surface area contributed by atoms with Gasteiger partial charge in [-0.2, -0.15) is 0 Å². The van der Waals surface area contributed by atoms with Gasteiger partial charge in [-0.3, -0.25) is 14.8 Å². The van der Waals surface area contributed by atoms with Gasteiger partial charge in [-0.1, -0.05) is 26.8 Å². The van der Waals surface area contributed by atoms with Crippen LogP contribution in [0.1, 0.15) is 49.0 Å². The number of carbonyl (C=O) groups excluding carboxylic acids is 2. The summed E-state index contributed by atoms with van der Waals surface area (Å²) < 4.78 is 7.49. The lowest BCUT2D eigenvalue weighted by Gasteiger charge is -2.17. The van der Waals surface area contributed by atoms with E-state index in [2.05, 4.69) is 15.0 Å². The summed E-state index contributed by atoms with van der Waals surface area (Å²) in [7, 11) is 1.78. The molecule has 4 N–H and O–H groups in total. The van der Waals surface area contributed by atoms with Crippen molar-refractivity contribution in [2.75, 3.05) is 20.1 Å². The van der Waals surface area contributed by atoms with Gasteiger partial charge in [0.15, 0.2) is 17.5 Å². The first-order chi connectivity index (χ1) is 18.8. The first-order valence-corrected chi connectivity index (χ1v) is 13.1. The van der Waals surface area contributed by atoms with Crippen molar-refractivity contribution in [3.05, 3.63) is 71.7 Å². The Bertz CT molecular complexity index is 1360. The molecule has 0 fully saturated rings. The van der Waals surface area contributed by atoms with Crippen LogP contribution in [0.2, 0.25) is 0 Å². The van der Waals surface area contributed by atoms with Crippen LogP contribution in [0.15, 0.2) is 64.1 Å². The van der Waals surface area contributed by atoms with Crippen molar-refractivity contribution in [1.82, 2.24) is 19.4 Å². The van der Waals surface area contributed by atoms with Gasteiger partial charge >= 0.3 is 0 Å². The number of rotatable bonds is 9. The quantitative estimate of drug-likeness (QED) is 0.186. The number of hydrogen-bond acceptors (Lipinski definition) is 6. The highest BCUT2D eigenvalue weighted by molar-refractivity contribution is 5.97. The van der Waals surface area contributed by atoms with Crippen LogP contribution in [0.4, 0.5) is 0 Å². The zero-order chi connectivity index (χ0) is 28.8. The van der Waals surface area contributed by atoms with Crippen LogP contribution in [-0.4, -0.2) is 57.7 Å². The molecular formula is C29H39N7O3. The summed E-state index contributed by atoms with van der Waals surface area (Å²) in [6.45, 7) is 9.33. The number of hydrogen-bond donors (Lipinski definition) is 2. The first kappa shape index (κ1) is 30.8. The van der Waals surface area contributed by atoms with E-state index in [1.807, 2.05) is 64.1 Å². The van der Waals surface area contributed by atoms with Crippen LogP contribution in [-0.2, 0) is 17.8 Å². The predicted octanol–water partition coefficient (Wildman–Crippen LogP) is 4.21. The maximum Gasteiger partial charge on any atom is 0.253 e. The number of pyridine rings is 1. The van der Waals surface area contributed by atoms with Crippen LogP contribution >= 0.6 is 0 Å². The third-order valence-electron chi connectivity index (χ3n) is 5.51. The molecule has 0 atom stereocenters. The Morgan fingerprint density at radius 2 is 1.92 bits per heavy atom. The summed E-state index contributed by atoms with van der Waals surface area (Å²) in [5.41, 5.74) is 12.9. The third kappa shape index (κ3) is 8.80. The van der Waals surface area contributed by atoms with Crippen LogP contribution in [0.25, 0.3) is 22.6 Å². The zero-order valence-electron chi connectivity index (χ0n) is 23.4. The van der Waals surface area contributed by atoms with E-state index in [-0.39, 0.29) is 18.4 Å². The lowest BCUT2D eigenvalue weighted by Crippen LogP contribution is -2.29. The Labute approximate surface area is 229 Å². The van der Waals surface area contributed by atoms with E-state index in [1.165, 1.54) is 0 Å². The van der Waals surface area contributed by atoms with Crippen molar-refractivity contribution in [1.29, 1.82) is 0 Å². The van der Waals surface area contributed by atoms with Crippen molar-refractivity contribution in [3.8, 4) is 11.6 Å². The Morgan fingerprint density at radius 1 is 1.15 bits per heavy atom. The van der Waals surface area contributed by atoms with Crippen molar-refractivity contribution < 1.29 is 14.0 Å². The van der Waals surface area contributed by atoms with Crippen molar-refractivity contribution in [2.45, 2.75) is 47.1 Å². The summed E-state index contributed by atoms with van der Waals surface area (Å²) in [6, 6.07) is 14.8. The second kappa shape index (κ2) is 15.7. The molecule has 4 aromatic rings. The topological polar surface area (TPSA) is 146 Å². The smallest absolute Gasteiger partial charge is 0.253 e. The number of likely N-dealkylation sites (N-methyl/N-ethyl adjacent to an activating group) is 1. The molecule has 0 saturated heterocycles. The van der Waals surface area contributed by atoms with Crippen molar-refractivity contribution in [3.63, 3.8) is 0 Å². The van der Waals surface area contributed by atoms with Gasteiger partial charge in [-0.05, 0) is 55.8 Å². The third-order valence-corrected chi connectivity index (χ3v) is 5.51. The second-order valence-electron chi connectivity index (χ2n) is 8.43. The molecule has 10 heteroatoms. The predicted molar refractivity (Wildman–Crippen MR) is 155 cm³/mol. The van der Waals surface area contributed by atoms with E-state index in [0.29, 0.717) is 35.6 Å². The number of carbonyl (C=O) groups is 2. The molecule has 10 nitrogen and oxygen atoms in total. The van der Waals surface area contributed by atoms with Gasteiger partial charge < -0.3 is 30.1 Å². The van der Waals surface area contributed by atoms with Gasteiger partial charge in [0.2, 0.25) is 0 Å². The number of furan rings is 1. The van der Waals surface area contributed by atoms with Gasteiger partial charge in [-0.25, -0.2) is 4.98 Å². The lowest BCUT2D eigenvalue weighted by molar-refractivity contribution is -0.108. The number of aryl methyl sites for hydroxylation is 1. The molecule has 0 bridgehead atoms. The number of amides is 1. The monoisotopic (exact) mass is 533 g/mol. The number of aromatic nitrogens is 3. The maximum absolute atomic E-state index is 12.9. The molecule has 0 spiro atoms. The highest BCUT2D eigenvalue weighted by Gasteiger charge is 2.18. The van der Waals surface area contributed by atoms with E-state index in [1.54, 1.807) is 34.8 Å². The summed E-state index contributed by atoms with van der Waals surface area (Å²) in [4.78, 5) is 38.4. The minimum atomic E-state index is -0.0897. The molecule has 0 aliphatic heterocycles. The number of imidazole rings is 1. The number of benzene rings is 1. The van der Waals surface area contributed by atoms with Gasteiger partial charge in [0, 0.05) is 44.0 Å². The van der Waals surface area contributed by atoms with Gasteiger partial charge in [0.25, 0.3) is 5.91 Å². The number of fused-ring (bicyclic) bond motifs is 1. The fourth-order valence-corrected chi connectivity index (χ4v) is 3.66. The summed E-state index contributed by atoms with van der Waals surface area (Å²) in [6.07, 6.45) is 4.25. The largest absolute Gasteiger partial charge is 0.458 e. The average molecular weight is 534 g/mol. The van der Waals surface area contributed by atoms with Crippen molar-refractivity contribution in [2.24, 2.45) is 16.5 Å². The molecular weight excluding hydrogens is 494 g/mol. The highest BCUT2D eigenvalue weighted by Crippen LogP contribution is 2.27. The van der Waals surface area contributed by atoms with E-state index < -0.39 is 0 Å². The molecule has 0 radical (unpaired) electrons. The molecule has 0 aliphatic carbocycles. The van der Waals surface area contributed by atoms with Crippen LogP contribution in [0, 0.1) is 6.92 Å². The average Bonchev–Trinajstić information content (AvgIpc) is 3.55. The maximum atomic E-state index is 12.9. The Balaban J connectivity index is 0.000000517. The second-order valence-corrected chi connectivity index (χ2v) is 8.43. The number of nitrogens with two attached hydrogens (primary N) is 2. The summed E-state index contributed by atoms with van der Waals surface area (Å²) in [5.74, 6) is 2.01. The minimum Gasteiger partial charge on any atom is -0.458 e. The summed E-state index contributed by atoms with van der Waals surface area (Å²) >= 11 is 0. The van der Waals surface area contributed by atoms with Gasteiger partial charge in [0.05, 0.1) is 17.6 Å². The fraction of sp³-hybridized carbons (Fsp3) is 0.345. The van der Waals surface area contributed by atoms with Gasteiger partial charge in [-0.15, -0.1) is 0 Å².